The molecule has 3 aromatic rings. The molecule has 0 saturated heterocycles. The average molecular weight is 429 g/mol. The highest BCUT2D eigenvalue weighted by Crippen LogP contribution is 2.26. The Bertz CT molecular complexity index is 946. The van der Waals surface area contributed by atoms with E-state index in [-0.39, 0.29) is 11.7 Å². The van der Waals surface area contributed by atoms with Crippen LogP contribution >= 0.6 is 46.6 Å². The molecule has 0 aliphatic rings. The third kappa shape index (κ3) is 4.42. The third-order valence-electron chi connectivity index (χ3n) is 3.30. The van der Waals surface area contributed by atoms with E-state index in [0.717, 1.165) is 17.3 Å². The van der Waals surface area contributed by atoms with Crippen LogP contribution in [0.3, 0.4) is 0 Å². The first-order chi connectivity index (χ1) is 12.4. The molecular weight excluding hydrogens is 417 g/mol. The zero-order valence-electron chi connectivity index (χ0n) is 13.1. The molecule has 1 heterocycles. The number of anilines is 1. The molecule has 0 aliphatic carbocycles. The van der Waals surface area contributed by atoms with Crippen LogP contribution in [0.15, 0.2) is 47.6 Å². The molecule has 26 heavy (non-hydrogen) atoms. The number of carbonyl (C=O) groups is 1. The van der Waals surface area contributed by atoms with E-state index in [1.54, 1.807) is 42.5 Å². The fraction of sp³-hybridized carbons (Fsp3) is 0.0625. The van der Waals surface area contributed by atoms with Gasteiger partial charge in [0.15, 0.2) is 5.82 Å². The van der Waals surface area contributed by atoms with Crippen LogP contribution in [0.5, 0.6) is 0 Å². The summed E-state index contributed by atoms with van der Waals surface area (Å²) in [6.45, 7) is 0. The van der Waals surface area contributed by atoms with E-state index in [9.17, 15) is 4.79 Å². The first kappa shape index (κ1) is 18.8. The van der Waals surface area contributed by atoms with Crippen molar-refractivity contribution < 1.29 is 4.79 Å². The van der Waals surface area contributed by atoms with Crippen molar-refractivity contribution >= 4 is 58.2 Å². The van der Waals surface area contributed by atoms with Crippen molar-refractivity contribution in [3.63, 3.8) is 0 Å². The first-order valence-corrected chi connectivity index (χ1v) is 9.40. The normalized spacial score (nSPS) is 10.7. The van der Waals surface area contributed by atoms with E-state index in [0.29, 0.717) is 31.7 Å². The lowest BCUT2D eigenvalue weighted by Gasteiger charge is -2.07. The molecule has 134 valence electrons. The molecule has 0 bridgehead atoms. The van der Waals surface area contributed by atoms with E-state index in [1.165, 1.54) is 4.68 Å². The second kappa shape index (κ2) is 8.18. The Morgan fingerprint density at radius 2 is 1.77 bits per heavy atom. The van der Waals surface area contributed by atoms with Gasteiger partial charge < -0.3 is 11.2 Å². The Balaban J connectivity index is 1.64. The number of rotatable bonds is 5. The molecule has 3 N–H and O–H groups in total. The number of hydrogen-bond acceptors (Lipinski definition) is 5. The van der Waals surface area contributed by atoms with Crippen molar-refractivity contribution in [1.82, 2.24) is 14.9 Å². The van der Waals surface area contributed by atoms with Gasteiger partial charge in [-0.1, -0.05) is 46.6 Å². The number of carbonyl (C=O) groups excluding carboxylic acids is 1. The van der Waals surface area contributed by atoms with Crippen molar-refractivity contribution in [2.24, 2.45) is 0 Å². The summed E-state index contributed by atoms with van der Waals surface area (Å²) < 4.78 is 1.33. The zero-order chi connectivity index (χ0) is 18.7. The molecular formula is C16H12Cl3N5OS. The summed E-state index contributed by atoms with van der Waals surface area (Å²) in [6.07, 6.45) is 0. The Labute approximate surface area is 168 Å². The summed E-state index contributed by atoms with van der Waals surface area (Å²) >= 11 is 18.9. The van der Waals surface area contributed by atoms with Crippen LogP contribution < -0.4 is 11.2 Å². The Kier molecular flexibility index (Phi) is 5.93. The summed E-state index contributed by atoms with van der Waals surface area (Å²) in [5.41, 5.74) is 1.26. The number of benzene rings is 2. The number of nitrogens with two attached hydrogens (primary N) is 1. The van der Waals surface area contributed by atoms with Gasteiger partial charge in [0.1, 0.15) is 0 Å². The lowest BCUT2D eigenvalue weighted by atomic mass is 10.2. The molecule has 0 saturated carbocycles. The van der Waals surface area contributed by atoms with Crippen LogP contribution in [-0.2, 0) is 4.79 Å². The van der Waals surface area contributed by atoms with E-state index in [4.69, 9.17) is 40.6 Å². The molecule has 1 amide bonds. The lowest BCUT2D eigenvalue weighted by Crippen LogP contribution is -2.16. The molecule has 0 spiro atoms. The molecule has 6 nitrogen and oxygen atoms in total. The highest BCUT2D eigenvalue weighted by Gasteiger charge is 2.14. The minimum atomic E-state index is -0.254. The van der Waals surface area contributed by atoms with Gasteiger partial charge in [0, 0.05) is 15.6 Å². The summed E-state index contributed by atoms with van der Waals surface area (Å²) in [4.78, 5) is 12.1. The summed E-state index contributed by atoms with van der Waals surface area (Å²) in [5, 5.41) is 12.7. The topological polar surface area (TPSA) is 85.8 Å². The molecule has 1 aromatic heterocycles. The summed E-state index contributed by atoms with van der Waals surface area (Å²) in [7, 11) is 0. The van der Waals surface area contributed by atoms with Gasteiger partial charge in [-0.2, -0.15) is 0 Å². The summed E-state index contributed by atoms with van der Waals surface area (Å²) in [6, 6.07) is 11.9. The van der Waals surface area contributed by atoms with Gasteiger partial charge in [0.05, 0.1) is 16.5 Å². The number of hydrogen-bond donors (Lipinski definition) is 2. The first-order valence-electron chi connectivity index (χ1n) is 7.28. The number of nitrogen functional groups attached to an aromatic ring is 1. The molecule has 3 rings (SSSR count). The van der Waals surface area contributed by atoms with Crippen molar-refractivity contribution in [2.45, 2.75) is 5.16 Å². The minimum Gasteiger partial charge on any atom is -0.335 e. The van der Waals surface area contributed by atoms with Crippen LogP contribution in [0, 0.1) is 0 Å². The second-order valence-corrected chi connectivity index (χ2v) is 7.37. The van der Waals surface area contributed by atoms with Crippen molar-refractivity contribution in [3.05, 3.63) is 57.5 Å². The quantitative estimate of drug-likeness (QED) is 0.466. The van der Waals surface area contributed by atoms with Gasteiger partial charge in [-0.15, -0.1) is 10.2 Å². The van der Waals surface area contributed by atoms with Crippen LogP contribution in [0.25, 0.3) is 11.4 Å². The molecule has 10 heteroatoms. The minimum absolute atomic E-state index is 0.0922. The van der Waals surface area contributed by atoms with E-state index < -0.39 is 0 Å². The smallest absolute Gasteiger partial charge is 0.234 e. The van der Waals surface area contributed by atoms with Gasteiger partial charge in [-0.05, 0) is 42.5 Å². The maximum atomic E-state index is 12.1. The number of nitrogens with one attached hydrogen (secondary N) is 1. The number of amides is 1. The fourth-order valence-electron chi connectivity index (χ4n) is 2.08. The Morgan fingerprint density at radius 1 is 1.08 bits per heavy atom. The molecule has 0 fully saturated rings. The van der Waals surface area contributed by atoms with Crippen LogP contribution in [0.1, 0.15) is 0 Å². The van der Waals surface area contributed by atoms with E-state index >= 15 is 0 Å². The average Bonchev–Trinajstić information content (AvgIpc) is 2.97. The second-order valence-electron chi connectivity index (χ2n) is 5.14. The standard InChI is InChI=1S/C16H12Cl3N5OS/c17-10-3-1-9(2-4-10)15-22-23-16(24(15)20)26-8-14(25)21-13-6-5-11(18)7-12(13)19/h1-7H,8,20H2,(H,21,25). The molecule has 0 unspecified atom stereocenters. The maximum absolute atomic E-state index is 12.1. The number of thioether (sulfide) groups is 1. The highest BCUT2D eigenvalue weighted by atomic mass is 35.5. The monoisotopic (exact) mass is 427 g/mol. The van der Waals surface area contributed by atoms with Crippen LogP contribution in [0.2, 0.25) is 15.1 Å². The van der Waals surface area contributed by atoms with Gasteiger partial charge in [0.2, 0.25) is 11.1 Å². The summed E-state index contributed by atoms with van der Waals surface area (Å²) in [5.74, 6) is 6.34. The molecule has 0 atom stereocenters. The van der Waals surface area contributed by atoms with E-state index in [2.05, 4.69) is 15.5 Å². The van der Waals surface area contributed by atoms with Crippen LogP contribution in [-0.4, -0.2) is 26.5 Å². The van der Waals surface area contributed by atoms with Gasteiger partial charge in [-0.25, -0.2) is 4.68 Å². The largest absolute Gasteiger partial charge is 0.335 e. The van der Waals surface area contributed by atoms with Crippen molar-refractivity contribution in [1.29, 1.82) is 0 Å². The van der Waals surface area contributed by atoms with Gasteiger partial charge >= 0.3 is 0 Å². The fourth-order valence-corrected chi connectivity index (χ4v) is 3.32. The predicted molar refractivity (Wildman–Crippen MR) is 106 cm³/mol. The van der Waals surface area contributed by atoms with Crippen LogP contribution in [0.4, 0.5) is 5.69 Å². The molecule has 2 aromatic carbocycles. The maximum Gasteiger partial charge on any atom is 0.234 e. The zero-order valence-corrected chi connectivity index (χ0v) is 16.2. The van der Waals surface area contributed by atoms with Gasteiger partial charge in [-0.3, -0.25) is 4.79 Å². The third-order valence-corrected chi connectivity index (χ3v) is 5.05. The SMILES string of the molecule is Nn1c(SCC(=O)Nc2ccc(Cl)cc2Cl)nnc1-c1ccc(Cl)cc1. The number of aromatic nitrogens is 3. The number of halogens is 3. The predicted octanol–water partition coefficient (Wildman–Crippen LogP) is 4.35. The van der Waals surface area contributed by atoms with E-state index in [1.807, 2.05) is 0 Å². The highest BCUT2D eigenvalue weighted by molar-refractivity contribution is 7.99. The molecule has 0 aliphatic heterocycles. The van der Waals surface area contributed by atoms with Crippen molar-refractivity contribution in [3.8, 4) is 11.4 Å². The lowest BCUT2D eigenvalue weighted by molar-refractivity contribution is -0.113. The number of nitrogens with zero attached hydrogens (tertiary/aromatic N) is 3. The van der Waals surface area contributed by atoms with Crippen molar-refractivity contribution in [2.75, 3.05) is 16.9 Å². The Hall–Kier alpha value is -1.93. The van der Waals surface area contributed by atoms with Gasteiger partial charge in [0.25, 0.3) is 0 Å². The molecule has 0 radical (unpaired) electrons. The Morgan fingerprint density at radius 3 is 2.46 bits per heavy atom.